The van der Waals surface area contributed by atoms with E-state index in [9.17, 15) is 4.79 Å². The van der Waals surface area contributed by atoms with E-state index < -0.39 is 0 Å². The van der Waals surface area contributed by atoms with Crippen LogP contribution in [0.2, 0.25) is 0 Å². The molecule has 0 fully saturated rings. The lowest BCUT2D eigenvalue weighted by Crippen LogP contribution is -2.28. The predicted molar refractivity (Wildman–Crippen MR) is 81.3 cm³/mol. The Labute approximate surface area is 126 Å². The molecule has 110 valence electrons. The first kappa shape index (κ1) is 12.8. The van der Waals surface area contributed by atoms with Crippen LogP contribution >= 0.6 is 0 Å². The zero-order chi connectivity index (χ0) is 15.1. The van der Waals surface area contributed by atoms with Crippen molar-refractivity contribution < 1.29 is 4.74 Å². The monoisotopic (exact) mass is 294 g/mol. The standard InChI is InChI=1S/C16H14N4O2/c17-13-9-10-8-12(22-11-4-2-1-3-5-11)6-7-14(10)20-15(13)18-19-16(20)21/h1-8,13H,9,17H2,(H,19,21). The maximum absolute atomic E-state index is 11.9. The van der Waals surface area contributed by atoms with Crippen LogP contribution in [0.1, 0.15) is 17.4 Å². The fourth-order valence-corrected chi connectivity index (χ4v) is 2.75. The number of para-hydroxylation sites is 1. The minimum Gasteiger partial charge on any atom is -0.457 e. The molecule has 0 spiro atoms. The largest absolute Gasteiger partial charge is 0.457 e. The summed E-state index contributed by atoms with van der Waals surface area (Å²) >= 11 is 0. The third-order valence-corrected chi connectivity index (χ3v) is 3.74. The van der Waals surface area contributed by atoms with Gasteiger partial charge in [0.05, 0.1) is 11.7 Å². The van der Waals surface area contributed by atoms with Crippen molar-refractivity contribution >= 4 is 0 Å². The minimum absolute atomic E-state index is 0.275. The van der Waals surface area contributed by atoms with Crippen LogP contribution < -0.4 is 16.2 Å². The fraction of sp³-hybridized carbons (Fsp3) is 0.125. The second kappa shape index (κ2) is 4.85. The van der Waals surface area contributed by atoms with Crippen LogP contribution in [0.3, 0.4) is 0 Å². The molecule has 3 aromatic rings. The number of ether oxygens (including phenoxy) is 1. The summed E-state index contributed by atoms with van der Waals surface area (Å²) in [5.41, 5.74) is 7.59. The molecular formula is C16H14N4O2. The molecule has 1 aliphatic heterocycles. The number of rotatable bonds is 2. The maximum Gasteiger partial charge on any atom is 0.347 e. The normalized spacial score (nSPS) is 16.0. The maximum atomic E-state index is 11.9. The van der Waals surface area contributed by atoms with Crippen LogP contribution in [0.15, 0.2) is 53.3 Å². The smallest absolute Gasteiger partial charge is 0.347 e. The third-order valence-electron chi connectivity index (χ3n) is 3.74. The molecule has 6 nitrogen and oxygen atoms in total. The number of nitrogens with two attached hydrogens (primary N) is 1. The first-order chi connectivity index (χ1) is 10.7. The lowest BCUT2D eigenvalue weighted by atomic mass is 9.99. The van der Waals surface area contributed by atoms with Gasteiger partial charge in [0.1, 0.15) is 11.5 Å². The molecular weight excluding hydrogens is 280 g/mol. The van der Waals surface area contributed by atoms with E-state index in [2.05, 4.69) is 10.2 Å². The Morgan fingerprint density at radius 2 is 2.00 bits per heavy atom. The highest BCUT2D eigenvalue weighted by molar-refractivity contribution is 5.50. The molecule has 3 N–H and O–H groups in total. The topological polar surface area (TPSA) is 85.9 Å². The number of aromatic nitrogens is 3. The highest BCUT2D eigenvalue weighted by Crippen LogP contribution is 2.31. The van der Waals surface area contributed by atoms with E-state index in [0.717, 1.165) is 22.7 Å². The summed E-state index contributed by atoms with van der Waals surface area (Å²) in [6.07, 6.45) is 0.617. The highest BCUT2D eigenvalue weighted by atomic mass is 16.5. The summed E-state index contributed by atoms with van der Waals surface area (Å²) in [5, 5.41) is 6.45. The van der Waals surface area contributed by atoms with Crippen molar-refractivity contribution in [3.63, 3.8) is 0 Å². The number of hydrogen-bond acceptors (Lipinski definition) is 4. The quantitative estimate of drug-likeness (QED) is 0.756. The number of fused-ring (bicyclic) bond motifs is 3. The van der Waals surface area contributed by atoms with Crippen molar-refractivity contribution in [1.29, 1.82) is 0 Å². The molecule has 0 saturated heterocycles. The summed E-state index contributed by atoms with van der Waals surface area (Å²) in [6, 6.07) is 14.9. The van der Waals surface area contributed by atoms with Crippen molar-refractivity contribution in [3.8, 4) is 17.2 Å². The Morgan fingerprint density at radius 1 is 1.18 bits per heavy atom. The van der Waals surface area contributed by atoms with Gasteiger partial charge in [-0.15, -0.1) is 0 Å². The van der Waals surface area contributed by atoms with Crippen molar-refractivity contribution in [2.75, 3.05) is 0 Å². The average Bonchev–Trinajstić information content (AvgIpc) is 2.91. The zero-order valence-electron chi connectivity index (χ0n) is 11.7. The first-order valence-electron chi connectivity index (χ1n) is 7.01. The predicted octanol–water partition coefficient (Wildman–Crippen LogP) is 1.91. The van der Waals surface area contributed by atoms with Crippen LogP contribution in [0.5, 0.6) is 11.5 Å². The second-order valence-electron chi connectivity index (χ2n) is 5.24. The molecule has 1 aliphatic rings. The van der Waals surface area contributed by atoms with Crippen LogP contribution in [0.25, 0.3) is 5.69 Å². The average molecular weight is 294 g/mol. The van der Waals surface area contributed by atoms with Crippen molar-refractivity contribution in [1.82, 2.24) is 14.8 Å². The molecule has 1 unspecified atom stereocenters. The van der Waals surface area contributed by atoms with Crippen LogP contribution in [0, 0.1) is 0 Å². The van der Waals surface area contributed by atoms with E-state index in [0.29, 0.717) is 12.2 Å². The second-order valence-corrected chi connectivity index (χ2v) is 5.24. The van der Waals surface area contributed by atoms with Gasteiger partial charge in [-0.25, -0.2) is 14.5 Å². The van der Waals surface area contributed by atoms with Gasteiger partial charge in [0.25, 0.3) is 0 Å². The van der Waals surface area contributed by atoms with Gasteiger partial charge in [-0.3, -0.25) is 0 Å². The number of H-pyrrole nitrogens is 1. The molecule has 4 rings (SSSR count). The minimum atomic E-state index is -0.307. The molecule has 2 heterocycles. The number of nitrogens with zero attached hydrogens (tertiary/aromatic N) is 2. The molecule has 6 heteroatoms. The molecule has 0 radical (unpaired) electrons. The van der Waals surface area contributed by atoms with Gasteiger partial charge in [0.15, 0.2) is 5.82 Å². The number of nitrogens with one attached hydrogen (secondary N) is 1. The van der Waals surface area contributed by atoms with Crippen molar-refractivity contribution in [2.45, 2.75) is 12.5 Å². The van der Waals surface area contributed by atoms with E-state index in [-0.39, 0.29) is 11.7 Å². The third kappa shape index (κ3) is 2.01. The molecule has 1 atom stereocenters. The summed E-state index contributed by atoms with van der Waals surface area (Å²) in [6.45, 7) is 0. The van der Waals surface area contributed by atoms with Gasteiger partial charge >= 0.3 is 5.69 Å². The number of benzene rings is 2. The molecule has 1 aromatic heterocycles. The van der Waals surface area contributed by atoms with E-state index in [1.165, 1.54) is 4.57 Å². The van der Waals surface area contributed by atoms with Gasteiger partial charge in [-0.05, 0) is 42.3 Å². The van der Waals surface area contributed by atoms with Gasteiger partial charge < -0.3 is 10.5 Å². The Bertz CT molecular complexity index is 883. The number of aromatic amines is 1. The number of hydrogen-bond donors (Lipinski definition) is 2. The summed E-state index contributed by atoms with van der Waals surface area (Å²) < 4.78 is 7.35. The highest BCUT2D eigenvalue weighted by Gasteiger charge is 2.26. The lowest BCUT2D eigenvalue weighted by molar-refractivity contribution is 0.480. The van der Waals surface area contributed by atoms with E-state index in [4.69, 9.17) is 10.5 Å². The SMILES string of the molecule is NC1Cc2cc(Oc3ccccc3)ccc2-n2c1n[nH]c2=O. The van der Waals surface area contributed by atoms with Crippen LogP contribution in [-0.4, -0.2) is 14.8 Å². The fourth-order valence-electron chi connectivity index (χ4n) is 2.75. The molecule has 2 aromatic carbocycles. The first-order valence-corrected chi connectivity index (χ1v) is 7.01. The summed E-state index contributed by atoms with van der Waals surface area (Å²) in [4.78, 5) is 11.9. The lowest BCUT2D eigenvalue weighted by Gasteiger charge is -2.22. The zero-order valence-corrected chi connectivity index (χ0v) is 11.7. The van der Waals surface area contributed by atoms with E-state index in [1.54, 1.807) is 0 Å². The van der Waals surface area contributed by atoms with Crippen LogP contribution in [0.4, 0.5) is 0 Å². The van der Waals surface area contributed by atoms with Gasteiger partial charge in [0.2, 0.25) is 0 Å². The molecule has 0 saturated carbocycles. The molecule has 22 heavy (non-hydrogen) atoms. The molecule has 0 aliphatic carbocycles. The molecule has 0 bridgehead atoms. The van der Waals surface area contributed by atoms with E-state index in [1.807, 2.05) is 48.5 Å². The van der Waals surface area contributed by atoms with E-state index >= 15 is 0 Å². The Morgan fingerprint density at radius 3 is 2.82 bits per heavy atom. The van der Waals surface area contributed by atoms with Gasteiger partial charge in [0, 0.05) is 0 Å². The Hall–Kier alpha value is -2.86. The van der Waals surface area contributed by atoms with Gasteiger partial charge in [-0.2, -0.15) is 5.10 Å². The molecule has 0 amide bonds. The van der Waals surface area contributed by atoms with Crippen molar-refractivity contribution in [2.24, 2.45) is 5.73 Å². The summed E-state index contributed by atoms with van der Waals surface area (Å²) in [7, 11) is 0. The Kier molecular flexibility index (Phi) is 2.83. The Balaban J connectivity index is 1.76. The summed E-state index contributed by atoms with van der Waals surface area (Å²) in [5.74, 6) is 2.05. The van der Waals surface area contributed by atoms with Crippen molar-refractivity contribution in [3.05, 3.63) is 70.4 Å². The van der Waals surface area contributed by atoms with Crippen LogP contribution in [-0.2, 0) is 6.42 Å². The van der Waals surface area contributed by atoms with Gasteiger partial charge in [-0.1, -0.05) is 18.2 Å².